The van der Waals surface area contributed by atoms with Crippen molar-refractivity contribution in [2.75, 3.05) is 6.54 Å². The molecule has 0 fully saturated rings. The van der Waals surface area contributed by atoms with Gasteiger partial charge in [0.15, 0.2) is 0 Å². The summed E-state index contributed by atoms with van der Waals surface area (Å²) in [4.78, 5) is 10.8. The first-order valence-corrected chi connectivity index (χ1v) is 4.23. The molecule has 13 heavy (non-hydrogen) atoms. The maximum absolute atomic E-state index is 10.8. The average molecular weight is 179 g/mol. The number of carbonyl (C=O) groups is 1. The van der Waals surface area contributed by atoms with E-state index in [-0.39, 0.29) is 0 Å². The SMILES string of the molecule is NCCC(C(=O)O)c1ccccc1. The number of rotatable bonds is 4. The third-order valence-corrected chi connectivity index (χ3v) is 1.96. The van der Waals surface area contributed by atoms with Crippen molar-refractivity contribution in [2.24, 2.45) is 5.73 Å². The second-order valence-electron chi connectivity index (χ2n) is 2.88. The molecule has 1 unspecified atom stereocenters. The second-order valence-corrected chi connectivity index (χ2v) is 2.88. The van der Waals surface area contributed by atoms with Crippen molar-refractivity contribution in [3.05, 3.63) is 35.9 Å². The molecule has 0 radical (unpaired) electrons. The summed E-state index contributed by atoms with van der Waals surface area (Å²) >= 11 is 0. The zero-order valence-corrected chi connectivity index (χ0v) is 7.31. The fourth-order valence-electron chi connectivity index (χ4n) is 1.28. The Morgan fingerprint density at radius 1 is 1.38 bits per heavy atom. The van der Waals surface area contributed by atoms with E-state index in [9.17, 15) is 4.79 Å². The van der Waals surface area contributed by atoms with Gasteiger partial charge in [-0.25, -0.2) is 0 Å². The lowest BCUT2D eigenvalue weighted by atomic mass is 9.96. The summed E-state index contributed by atoms with van der Waals surface area (Å²) in [7, 11) is 0. The van der Waals surface area contributed by atoms with Crippen molar-refractivity contribution in [1.82, 2.24) is 0 Å². The van der Waals surface area contributed by atoms with Gasteiger partial charge in [-0.15, -0.1) is 0 Å². The Morgan fingerprint density at radius 3 is 2.46 bits per heavy atom. The van der Waals surface area contributed by atoms with Crippen LogP contribution in [0.4, 0.5) is 0 Å². The van der Waals surface area contributed by atoms with E-state index in [1.165, 1.54) is 0 Å². The lowest BCUT2D eigenvalue weighted by molar-refractivity contribution is -0.138. The van der Waals surface area contributed by atoms with E-state index in [4.69, 9.17) is 10.8 Å². The molecular formula is C10H13NO2. The molecule has 1 aromatic carbocycles. The highest BCUT2D eigenvalue weighted by Crippen LogP contribution is 2.18. The van der Waals surface area contributed by atoms with Crippen LogP contribution in [0.3, 0.4) is 0 Å². The van der Waals surface area contributed by atoms with Gasteiger partial charge in [0.05, 0.1) is 5.92 Å². The Hall–Kier alpha value is -1.35. The largest absolute Gasteiger partial charge is 0.481 e. The highest BCUT2D eigenvalue weighted by molar-refractivity contribution is 5.76. The molecule has 0 aliphatic carbocycles. The van der Waals surface area contributed by atoms with Crippen LogP contribution >= 0.6 is 0 Å². The molecule has 0 aliphatic heterocycles. The van der Waals surface area contributed by atoms with Gasteiger partial charge in [-0.1, -0.05) is 30.3 Å². The number of aliphatic carboxylic acids is 1. The quantitative estimate of drug-likeness (QED) is 0.730. The third-order valence-electron chi connectivity index (χ3n) is 1.96. The van der Waals surface area contributed by atoms with E-state index in [1.807, 2.05) is 30.3 Å². The van der Waals surface area contributed by atoms with E-state index in [2.05, 4.69) is 0 Å². The second kappa shape index (κ2) is 4.62. The van der Waals surface area contributed by atoms with Gasteiger partial charge in [0.1, 0.15) is 0 Å². The number of nitrogens with two attached hydrogens (primary N) is 1. The van der Waals surface area contributed by atoms with Crippen LogP contribution in [0.15, 0.2) is 30.3 Å². The molecule has 0 heterocycles. The smallest absolute Gasteiger partial charge is 0.311 e. The van der Waals surface area contributed by atoms with E-state index in [0.717, 1.165) is 5.56 Å². The van der Waals surface area contributed by atoms with Crippen LogP contribution in [0.1, 0.15) is 17.9 Å². The Kier molecular flexibility index (Phi) is 3.46. The molecule has 0 amide bonds. The van der Waals surface area contributed by atoms with Gasteiger partial charge in [-0.05, 0) is 18.5 Å². The first-order chi connectivity index (χ1) is 6.25. The van der Waals surface area contributed by atoms with Gasteiger partial charge in [0.25, 0.3) is 0 Å². The average Bonchev–Trinajstić information content (AvgIpc) is 2.15. The van der Waals surface area contributed by atoms with Gasteiger partial charge < -0.3 is 10.8 Å². The van der Waals surface area contributed by atoms with Crippen LogP contribution < -0.4 is 5.73 Å². The predicted molar refractivity (Wildman–Crippen MR) is 50.5 cm³/mol. The zero-order valence-electron chi connectivity index (χ0n) is 7.31. The van der Waals surface area contributed by atoms with Gasteiger partial charge in [0, 0.05) is 0 Å². The highest BCUT2D eigenvalue weighted by atomic mass is 16.4. The topological polar surface area (TPSA) is 63.3 Å². The minimum absolute atomic E-state index is 0.395. The Balaban J connectivity index is 2.82. The fourth-order valence-corrected chi connectivity index (χ4v) is 1.28. The molecule has 0 spiro atoms. The number of hydrogen-bond acceptors (Lipinski definition) is 2. The summed E-state index contributed by atoms with van der Waals surface area (Å²) in [6, 6.07) is 9.16. The highest BCUT2D eigenvalue weighted by Gasteiger charge is 2.17. The molecule has 3 nitrogen and oxygen atoms in total. The lowest BCUT2D eigenvalue weighted by Gasteiger charge is -2.10. The van der Waals surface area contributed by atoms with Gasteiger partial charge in [-0.3, -0.25) is 4.79 Å². The van der Waals surface area contributed by atoms with Crippen LogP contribution in [0.2, 0.25) is 0 Å². The molecule has 1 atom stereocenters. The Labute approximate surface area is 77.2 Å². The number of hydrogen-bond donors (Lipinski definition) is 2. The van der Waals surface area contributed by atoms with Crippen LogP contribution in [-0.4, -0.2) is 17.6 Å². The fraction of sp³-hybridized carbons (Fsp3) is 0.300. The molecule has 0 saturated carbocycles. The van der Waals surface area contributed by atoms with Crippen LogP contribution in [0.25, 0.3) is 0 Å². The lowest BCUT2D eigenvalue weighted by Crippen LogP contribution is -2.15. The molecular weight excluding hydrogens is 166 g/mol. The molecule has 3 N–H and O–H groups in total. The number of carboxylic acids is 1. The molecule has 70 valence electrons. The molecule has 0 aromatic heterocycles. The van der Waals surface area contributed by atoms with Crippen molar-refractivity contribution >= 4 is 5.97 Å². The molecule has 0 bridgehead atoms. The van der Waals surface area contributed by atoms with E-state index in [0.29, 0.717) is 13.0 Å². The van der Waals surface area contributed by atoms with Crippen LogP contribution in [0, 0.1) is 0 Å². The van der Waals surface area contributed by atoms with E-state index >= 15 is 0 Å². The van der Waals surface area contributed by atoms with E-state index in [1.54, 1.807) is 0 Å². The van der Waals surface area contributed by atoms with E-state index < -0.39 is 11.9 Å². The number of benzene rings is 1. The summed E-state index contributed by atoms with van der Waals surface area (Å²) in [5.74, 6) is -1.28. The molecule has 0 aliphatic rings. The molecule has 1 aromatic rings. The van der Waals surface area contributed by atoms with Crippen molar-refractivity contribution in [1.29, 1.82) is 0 Å². The summed E-state index contributed by atoms with van der Waals surface area (Å²) < 4.78 is 0. The normalized spacial score (nSPS) is 12.4. The zero-order chi connectivity index (χ0) is 9.68. The Morgan fingerprint density at radius 2 is 2.00 bits per heavy atom. The maximum Gasteiger partial charge on any atom is 0.311 e. The van der Waals surface area contributed by atoms with Crippen LogP contribution in [0.5, 0.6) is 0 Å². The third kappa shape index (κ3) is 2.56. The van der Waals surface area contributed by atoms with Gasteiger partial charge in [-0.2, -0.15) is 0 Å². The molecule has 1 rings (SSSR count). The number of carboxylic acid groups (broad SMARTS) is 1. The predicted octanol–water partition coefficient (Wildman–Crippen LogP) is 1.20. The van der Waals surface area contributed by atoms with Crippen molar-refractivity contribution in [3.63, 3.8) is 0 Å². The first kappa shape index (κ1) is 9.74. The van der Waals surface area contributed by atoms with Crippen LogP contribution in [-0.2, 0) is 4.79 Å². The van der Waals surface area contributed by atoms with Gasteiger partial charge in [0.2, 0.25) is 0 Å². The summed E-state index contributed by atoms with van der Waals surface area (Å²) in [5, 5.41) is 8.90. The van der Waals surface area contributed by atoms with Crippen molar-refractivity contribution < 1.29 is 9.90 Å². The summed E-state index contributed by atoms with van der Waals surface area (Å²) in [6.07, 6.45) is 0.485. The van der Waals surface area contributed by atoms with Gasteiger partial charge >= 0.3 is 5.97 Å². The van der Waals surface area contributed by atoms with Crippen molar-refractivity contribution in [2.45, 2.75) is 12.3 Å². The maximum atomic E-state index is 10.8. The molecule has 0 saturated heterocycles. The van der Waals surface area contributed by atoms with Crippen molar-refractivity contribution in [3.8, 4) is 0 Å². The molecule has 3 heteroatoms. The minimum atomic E-state index is -0.809. The summed E-state index contributed by atoms with van der Waals surface area (Å²) in [5.41, 5.74) is 6.16. The first-order valence-electron chi connectivity index (χ1n) is 4.23. The standard InChI is InChI=1S/C10H13NO2/c11-7-6-9(10(12)13)8-4-2-1-3-5-8/h1-5,9H,6-7,11H2,(H,12,13). The Bertz CT molecular complexity index is 272. The summed E-state index contributed by atoms with van der Waals surface area (Å²) in [6.45, 7) is 0.395. The monoisotopic (exact) mass is 179 g/mol. The minimum Gasteiger partial charge on any atom is -0.481 e.